The molecule has 0 bridgehead atoms. The number of hydrogen-bond acceptors (Lipinski definition) is 6. The summed E-state index contributed by atoms with van der Waals surface area (Å²) in [5.74, 6) is 0. The topological polar surface area (TPSA) is 90.6 Å². The van der Waals surface area contributed by atoms with E-state index in [1.165, 1.54) is 6.20 Å². The summed E-state index contributed by atoms with van der Waals surface area (Å²) < 4.78 is 1.65. The van der Waals surface area contributed by atoms with Crippen molar-refractivity contribution in [1.82, 2.24) is 4.57 Å². The van der Waals surface area contributed by atoms with Crippen LogP contribution in [0, 0.1) is 11.3 Å². The van der Waals surface area contributed by atoms with E-state index in [-0.39, 0.29) is 5.56 Å². The summed E-state index contributed by atoms with van der Waals surface area (Å²) in [7, 11) is 5.50. The number of likely N-dealkylation sites (N-methyl/N-ethyl adjacent to an activating group) is 1. The van der Waals surface area contributed by atoms with Gasteiger partial charge in [-0.1, -0.05) is 6.07 Å². The van der Waals surface area contributed by atoms with Gasteiger partial charge in [0.05, 0.1) is 34.2 Å². The quantitative estimate of drug-likeness (QED) is 0.668. The molecule has 1 aliphatic rings. The largest absolute Gasteiger partial charge is 0.404 e. The van der Waals surface area contributed by atoms with Gasteiger partial charge >= 0.3 is 0 Å². The molecule has 3 aromatic rings. The lowest BCUT2D eigenvalue weighted by atomic mass is 9.97. The van der Waals surface area contributed by atoms with E-state index in [1.54, 1.807) is 30.9 Å². The van der Waals surface area contributed by atoms with E-state index in [1.807, 2.05) is 37.4 Å². The number of aliphatic imine (C=N–C) groups is 1. The van der Waals surface area contributed by atoms with Gasteiger partial charge < -0.3 is 20.1 Å². The van der Waals surface area contributed by atoms with Crippen LogP contribution in [0.4, 0.5) is 17.1 Å². The predicted molar refractivity (Wildman–Crippen MR) is 127 cm³/mol. The van der Waals surface area contributed by atoms with E-state index in [9.17, 15) is 10.1 Å². The molecule has 0 spiro atoms. The Kier molecular flexibility index (Phi) is 5.22. The van der Waals surface area contributed by atoms with Gasteiger partial charge in [-0.3, -0.25) is 9.79 Å². The van der Waals surface area contributed by atoms with Gasteiger partial charge in [0.2, 0.25) is 0 Å². The number of nitrogens with zero attached hydrogens (tertiary/aromatic N) is 5. The highest BCUT2D eigenvalue weighted by molar-refractivity contribution is 6.11. The molecule has 0 radical (unpaired) electrons. The van der Waals surface area contributed by atoms with Crippen LogP contribution < -0.4 is 21.1 Å². The molecule has 31 heavy (non-hydrogen) atoms. The van der Waals surface area contributed by atoms with E-state index in [0.717, 1.165) is 46.6 Å². The van der Waals surface area contributed by atoms with Gasteiger partial charge in [-0.05, 0) is 30.3 Å². The first-order chi connectivity index (χ1) is 15.0. The zero-order chi connectivity index (χ0) is 22.1. The first-order valence-corrected chi connectivity index (χ1v) is 10.00. The average molecular weight is 412 g/mol. The van der Waals surface area contributed by atoms with Crippen molar-refractivity contribution in [2.75, 3.05) is 37.0 Å². The number of rotatable bonds is 3. The summed E-state index contributed by atoms with van der Waals surface area (Å²) in [6.45, 7) is 1.57. The van der Waals surface area contributed by atoms with E-state index in [2.05, 4.69) is 26.9 Å². The van der Waals surface area contributed by atoms with Gasteiger partial charge in [0.15, 0.2) is 0 Å². The van der Waals surface area contributed by atoms with Crippen molar-refractivity contribution in [3.63, 3.8) is 0 Å². The molecular weight excluding hydrogens is 388 g/mol. The Balaban J connectivity index is 1.96. The summed E-state index contributed by atoms with van der Waals surface area (Å²) in [6.07, 6.45) is 3.13. The highest BCUT2D eigenvalue weighted by Crippen LogP contribution is 2.42. The third-order valence-corrected chi connectivity index (χ3v) is 5.79. The standard InChI is InChI=1S/C24H24N6O/c1-27-15-17(14-26)19-12-22-23(11-16(19)13-25)30(10-9-28(22)2)21-6-4-5-20-18(21)7-8-24(31)29(20)3/h4-8,11-12,14-15H,9-10,26H2,1-3H3/b17-14+,27-15?. The Morgan fingerprint density at radius 3 is 2.65 bits per heavy atom. The molecule has 7 heteroatoms. The minimum absolute atomic E-state index is 0.0430. The minimum Gasteiger partial charge on any atom is -0.404 e. The second-order valence-corrected chi connectivity index (χ2v) is 7.52. The van der Waals surface area contributed by atoms with Crippen LogP contribution in [0.1, 0.15) is 11.1 Å². The van der Waals surface area contributed by atoms with E-state index < -0.39 is 0 Å². The smallest absolute Gasteiger partial charge is 0.250 e. The molecule has 2 heterocycles. The fourth-order valence-electron chi connectivity index (χ4n) is 4.14. The summed E-state index contributed by atoms with van der Waals surface area (Å²) in [6, 6.07) is 15.6. The molecule has 1 aliphatic heterocycles. The third kappa shape index (κ3) is 3.32. The second kappa shape index (κ2) is 8.00. The Labute approximate surface area is 180 Å². The monoisotopic (exact) mass is 412 g/mol. The van der Waals surface area contributed by atoms with E-state index in [0.29, 0.717) is 11.1 Å². The number of pyridine rings is 1. The van der Waals surface area contributed by atoms with Crippen LogP contribution in [0.5, 0.6) is 0 Å². The molecule has 4 rings (SSSR count). The SMILES string of the molecule is CN=C/C(=C\N)c1cc2c(cc1C#N)N(c1cccc3c1ccc(=O)n3C)CCN2C. The van der Waals surface area contributed by atoms with Crippen LogP contribution >= 0.6 is 0 Å². The average Bonchev–Trinajstić information content (AvgIpc) is 2.79. The number of aryl methyl sites for hydroxylation is 1. The lowest BCUT2D eigenvalue weighted by molar-refractivity contribution is 0.822. The maximum atomic E-state index is 12.1. The normalized spacial score (nSPS) is 14.2. The maximum absolute atomic E-state index is 12.1. The van der Waals surface area contributed by atoms with Crippen LogP contribution in [0.2, 0.25) is 0 Å². The van der Waals surface area contributed by atoms with Crippen molar-refractivity contribution >= 4 is 39.8 Å². The highest BCUT2D eigenvalue weighted by Gasteiger charge is 2.25. The van der Waals surface area contributed by atoms with Gasteiger partial charge in [0.25, 0.3) is 5.56 Å². The van der Waals surface area contributed by atoms with Crippen LogP contribution in [0.3, 0.4) is 0 Å². The molecule has 0 atom stereocenters. The van der Waals surface area contributed by atoms with Gasteiger partial charge in [0.1, 0.15) is 0 Å². The zero-order valence-electron chi connectivity index (χ0n) is 17.8. The Morgan fingerprint density at radius 2 is 1.94 bits per heavy atom. The molecule has 1 aromatic heterocycles. The van der Waals surface area contributed by atoms with Gasteiger partial charge in [-0.15, -0.1) is 0 Å². The summed E-state index contributed by atoms with van der Waals surface area (Å²) in [5, 5.41) is 10.9. The Hall–Kier alpha value is -4.05. The Bertz CT molecular complexity index is 1330. The summed E-state index contributed by atoms with van der Waals surface area (Å²) >= 11 is 0. The van der Waals surface area contributed by atoms with Crippen LogP contribution in [-0.4, -0.2) is 38.0 Å². The van der Waals surface area contributed by atoms with Crippen molar-refractivity contribution in [2.24, 2.45) is 17.8 Å². The molecule has 0 amide bonds. The molecule has 2 aromatic carbocycles. The summed E-state index contributed by atoms with van der Waals surface area (Å²) in [4.78, 5) is 20.6. The minimum atomic E-state index is -0.0430. The van der Waals surface area contributed by atoms with Crippen LogP contribution in [0.25, 0.3) is 16.5 Å². The van der Waals surface area contributed by atoms with Gasteiger partial charge in [0, 0.05) is 69.2 Å². The molecule has 0 aliphatic carbocycles. The van der Waals surface area contributed by atoms with E-state index >= 15 is 0 Å². The third-order valence-electron chi connectivity index (χ3n) is 5.79. The molecule has 0 unspecified atom stereocenters. The number of fused-ring (bicyclic) bond motifs is 2. The number of anilines is 3. The lowest BCUT2D eigenvalue weighted by Gasteiger charge is -2.38. The Morgan fingerprint density at radius 1 is 1.13 bits per heavy atom. The van der Waals surface area contributed by atoms with Crippen LogP contribution in [-0.2, 0) is 7.05 Å². The van der Waals surface area contributed by atoms with Crippen LogP contribution in [0.15, 0.2) is 58.5 Å². The summed E-state index contributed by atoms with van der Waals surface area (Å²) in [5.41, 5.74) is 11.6. The molecule has 0 saturated carbocycles. The molecule has 0 saturated heterocycles. The molecule has 156 valence electrons. The number of allylic oxidation sites excluding steroid dienone is 1. The number of hydrogen-bond donors (Lipinski definition) is 1. The van der Waals surface area contributed by atoms with Crippen molar-refractivity contribution in [3.8, 4) is 6.07 Å². The molecular formula is C24H24N6O. The number of nitriles is 1. The molecule has 7 nitrogen and oxygen atoms in total. The van der Waals surface area contributed by atoms with Crippen molar-refractivity contribution in [1.29, 1.82) is 5.26 Å². The van der Waals surface area contributed by atoms with Crippen molar-refractivity contribution in [2.45, 2.75) is 0 Å². The van der Waals surface area contributed by atoms with Gasteiger partial charge in [-0.25, -0.2) is 0 Å². The number of aromatic nitrogens is 1. The number of nitrogens with two attached hydrogens (primary N) is 1. The molecule has 0 fully saturated rings. The second-order valence-electron chi connectivity index (χ2n) is 7.52. The number of benzene rings is 2. The first kappa shape index (κ1) is 20.2. The lowest BCUT2D eigenvalue weighted by Crippen LogP contribution is -2.37. The highest BCUT2D eigenvalue weighted by atomic mass is 16.1. The maximum Gasteiger partial charge on any atom is 0.250 e. The van der Waals surface area contributed by atoms with Crippen molar-refractivity contribution in [3.05, 3.63) is 70.1 Å². The zero-order valence-corrected chi connectivity index (χ0v) is 17.8. The van der Waals surface area contributed by atoms with Gasteiger partial charge in [-0.2, -0.15) is 5.26 Å². The predicted octanol–water partition coefficient (Wildman–Crippen LogP) is 3.00. The van der Waals surface area contributed by atoms with E-state index in [4.69, 9.17) is 5.73 Å². The molecule has 2 N–H and O–H groups in total. The fourth-order valence-corrected chi connectivity index (χ4v) is 4.14. The fraction of sp³-hybridized carbons (Fsp3) is 0.208. The van der Waals surface area contributed by atoms with Crippen molar-refractivity contribution < 1.29 is 0 Å². The first-order valence-electron chi connectivity index (χ1n) is 10.00.